The van der Waals surface area contributed by atoms with Crippen LogP contribution in [0.3, 0.4) is 0 Å². The number of furan rings is 1. The van der Waals surface area contributed by atoms with Crippen LogP contribution >= 0.6 is 0 Å². The number of amides is 1. The fourth-order valence-corrected chi connectivity index (χ4v) is 3.98. The Bertz CT molecular complexity index is 907. The molecule has 0 radical (unpaired) electrons. The van der Waals surface area contributed by atoms with Gasteiger partial charge in [-0.1, -0.05) is 60.7 Å². The minimum atomic E-state index is -0.0204. The monoisotopic (exact) mass is 402 g/mol. The highest BCUT2D eigenvalue weighted by molar-refractivity contribution is 5.95. The zero-order valence-electron chi connectivity index (χ0n) is 16.9. The number of benzene rings is 2. The van der Waals surface area contributed by atoms with Crippen molar-refractivity contribution in [3.8, 4) is 0 Å². The van der Waals surface area contributed by atoms with E-state index in [2.05, 4.69) is 29.2 Å². The predicted molar refractivity (Wildman–Crippen MR) is 115 cm³/mol. The van der Waals surface area contributed by atoms with Crippen LogP contribution < -0.4 is 0 Å². The van der Waals surface area contributed by atoms with Crippen molar-refractivity contribution >= 4 is 11.7 Å². The highest BCUT2D eigenvalue weighted by Crippen LogP contribution is 2.28. The maximum Gasteiger partial charge on any atom is 0.223 e. The molecule has 30 heavy (non-hydrogen) atoms. The number of carbonyl (C=O) groups is 2. The number of hydrogen-bond acceptors (Lipinski definition) is 4. The Morgan fingerprint density at radius 1 is 0.800 bits per heavy atom. The quantitative estimate of drug-likeness (QED) is 0.564. The lowest BCUT2D eigenvalue weighted by Gasteiger charge is -2.35. The van der Waals surface area contributed by atoms with Crippen molar-refractivity contribution in [2.75, 3.05) is 32.7 Å². The zero-order valence-corrected chi connectivity index (χ0v) is 16.9. The highest BCUT2D eigenvalue weighted by atomic mass is 16.3. The van der Waals surface area contributed by atoms with Crippen molar-refractivity contribution in [1.82, 2.24) is 9.80 Å². The second kappa shape index (κ2) is 9.55. The highest BCUT2D eigenvalue weighted by Gasteiger charge is 2.26. The summed E-state index contributed by atoms with van der Waals surface area (Å²) in [4.78, 5) is 29.3. The van der Waals surface area contributed by atoms with Gasteiger partial charge >= 0.3 is 0 Å². The molecular weight excluding hydrogens is 376 g/mol. The first-order valence-corrected chi connectivity index (χ1v) is 10.4. The van der Waals surface area contributed by atoms with Crippen LogP contribution in [0.15, 0.2) is 83.5 Å². The van der Waals surface area contributed by atoms with Crippen molar-refractivity contribution in [3.63, 3.8) is 0 Å². The Morgan fingerprint density at radius 3 is 1.93 bits per heavy atom. The summed E-state index contributed by atoms with van der Waals surface area (Å²) in [6, 6.07) is 23.8. The molecular formula is C25H26N2O3. The van der Waals surface area contributed by atoms with Crippen LogP contribution in [0.25, 0.3) is 0 Å². The van der Waals surface area contributed by atoms with Gasteiger partial charge in [-0.3, -0.25) is 14.5 Å². The fraction of sp³-hybridized carbons (Fsp3) is 0.280. The van der Waals surface area contributed by atoms with Crippen molar-refractivity contribution in [1.29, 1.82) is 0 Å². The summed E-state index contributed by atoms with van der Waals surface area (Å²) in [7, 11) is 0. The van der Waals surface area contributed by atoms with Crippen LogP contribution in [0, 0.1) is 0 Å². The van der Waals surface area contributed by atoms with Gasteiger partial charge in [-0.15, -0.1) is 0 Å². The van der Waals surface area contributed by atoms with E-state index in [0.29, 0.717) is 44.9 Å². The number of piperazine rings is 1. The lowest BCUT2D eigenvalue weighted by atomic mass is 9.88. The molecule has 1 amide bonds. The predicted octanol–water partition coefficient (Wildman–Crippen LogP) is 3.83. The molecule has 4 rings (SSSR count). The molecule has 0 unspecified atom stereocenters. The largest absolute Gasteiger partial charge is 0.461 e. The van der Waals surface area contributed by atoms with Gasteiger partial charge in [0.2, 0.25) is 11.7 Å². The molecule has 5 heteroatoms. The van der Waals surface area contributed by atoms with E-state index in [1.54, 1.807) is 12.1 Å². The molecule has 0 N–H and O–H groups in total. The van der Waals surface area contributed by atoms with Gasteiger partial charge in [0, 0.05) is 38.5 Å². The third-order valence-electron chi connectivity index (χ3n) is 5.67. The molecule has 1 aliphatic rings. The minimum Gasteiger partial charge on any atom is -0.461 e. The van der Waals surface area contributed by atoms with Crippen molar-refractivity contribution in [2.24, 2.45) is 0 Å². The Hall–Kier alpha value is -3.18. The summed E-state index contributed by atoms with van der Waals surface area (Å²) in [5.74, 6) is 0.568. The van der Waals surface area contributed by atoms with Gasteiger partial charge in [-0.25, -0.2) is 0 Å². The van der Waals surface area contributed by atoms with Crippen LogP contribution in [0.4, 0.5) is 0 Å². The lowest BCUT2D eigenvalue weighted by Crippen LogP contribution is -2.50. The Morgan fingerprint density at radius 2 is 1.40 bits per heavy atom. The molecule has 0 saturated carbocycles. The number of nitrogens with zero attached hydrogens (tertiary/aromatic N) is 2. The van der Waals surface area contributed by atoms with Crippen LogP contribution in [0.1, 0.15) is 34.0 Å². The number of ketones is 1. The van der Waals surface area contributed by atoms with E-state index in [9.17, 15) is 9.59 Å². The molecule has 1 saturated heterocycles. The second-order valence-corrected chi connectivity index (χ2v) is 7.64. The van der Waals surface area contributed by atoms with Crippen LogP contribution in [0.2, 0.25) is 0 Å². The standard InChI is InChI=1S/C25H26N2O3/c28-23(24-12-7-17-30-24)19-26-13-15-27(16-14-26)25(29)18-22(20-8-3-1-4-9-20)21-10-5-2-6-11-21/h1-12,17,22H,13-16,18-19H2. The maximum atomic E-state index is 13.1. The Labute approximate surface area is 176 Å². The number of rotatable bonds is 7. The second-order valence-electron chi connectivity index (χ2n) is 7.64. The smallest absolute Gasteiger partial charge is 0.223 e. The zero-order chi connectivity index (χ0) is 20.8. The van der Waals surface area contributed by atoms with Gasteiger partial charge < -0.3 is 9.32 Å². The minimum absolute atomic E-state index is 0.0204. The molecule has 0 spiro atoms. The van der Waals surface area contributed by atoms with Gasteiger partial charge in [-0.2, -0.15) is 0 Å². The van der Waals surface area contributed by atoms with E-state index in [-0.39, 0.29) is 17.6 Å². The van der Waals surface area contributed by atoms with E-state index in [4.69, 9.17) is 4.42 Å². The first kappa shape index (κ1) is 20.1. The van der Waals surface area contributed by atoms with E-state index in [1.807, 2.05) is 41.3 Å². The first-order valence-electron chi connectivity index (χ1n) is 10.4. The van der Waals surface area contributed by atoms with E-state index in [0.717, 1.165) is 11.1 Å². The summed E-state index contributed by atoms with van der Waals surface area (Å²) in [5.41, 5.74) is 2.31. The molecule has 0 atom stereocenters. The third kappa shape index (κ3) is 4.86. The van der Waals surface area contributed by atoms with E-state index < -0.39 is 0 Å². The molecule has 1 aliphatic heterocycles. The molecule has 2 heterocycles. The molecule has 3 aromatic rings. The molecule has 0 aliphatic carbocycles. The first-order chi connectivity index (χ1) is 14.7. The van der Waals surface area contributed by atoms with E-state index >= 15 is 0 Å². The molecule has 0 bridgehead atoms. The lowest BCUT2D eigenvalue weighted by molar-refractivity contribution is -0.133. The topological polar surface area (TPSA) is 53.8 Å². The summed E-state index contributed by atoms with van der Waals surface area (Å²) in [5, 5.41) is 0. The number of carbonyl (C=O) groups excluding carboxylic acids is 2. The number of Topliss-reactive ketones (excluding diaryl/α,β-unsaturated/α-hetero) is 1. The SMILES string of the molecule is O=C(CN1CCN(C(=O)CC(c2ccccc2)c2ccccc2)CC1)c1ccco1. The van der Waals surface area contributed by atoms with Crippen LogP contribution in [-0.4, -0.2) is 54.2 Å². The van der Waals surface area contributed by atoms with Crippen molar-refractivity contribution in [2.45, 2.75) is 12.3 Å². The summed E-state index contributed by atoms with van der Waals surface area (Å²) in [6.45, 7) is 2.99. The van der Waals surface area contributed by atoms with Gasteiger partial charge in [0.05, 0.1) is 12.8 Å². The molecule has 2 aromatic carbocycles. The Balaban J connectivity index is 1.36. The molecule has 5 nitrogen and oxygen atoms in total. The van der Waals surface area contributed by atoms with Crippen molar-refractivity contribution in [3.05, 3.63) is 95.9 Å². The fourth-order valence-electron chi connectivity index (χ4n) is 3.98. The third-order valence-corrected chi connectivity index (χ3v) is 5.67. The summed E-state index contributed by atoms with van der Waals surface area (Å²) >= 11 is 0. The van der Waals surface area contributed by atoms with E-state index in [1.165, 1.54) is 6.26 Å². The van der Waals surface area contributed by atoms with Gasteiger partial charge in [0.15, 0.2) is 5.76 Å². The average molecular weight is 402 g/mol. The summed E-state index contributed by atoms with van der Waals surface area (Å²) in [6.07, 6.45) is 1.96. The van der Waals surface area contributed by atoms with Gasteiger partial charge in [-0.05, 0) is 23.3 Å². The number of hydrogen-bond donors (Lipinski definition) is 0. The summed E-state index contributed by atoms with van der Waals surface area (Å²) < 4.78 is 5.18. The molecule has 1 aromatic heterocycles. The normalized spacial score (nSPS) is 14.8. The van der Waals surface area contributed by atoms with Gasteiger partial charge in [0.25, 0.3) is 0 Å². The molecule has 154 valence electrons. The van der Waals surface area contributed by atoms with Crippen LogP contribution in [-0.2, 0) is 4.79 Å². The Kier molecular flexibility index (Phi) is 6.40. The van der Waals surface area contributed by atoms with Crippen LogP contribution in [0.5, 0.6) is 0 Å². The van der Waals surface area contributed by atoms with Crippen molar-refractivity contribution < 1.29 is 14.0 Å². The van der Waals surface area contributed by atoms with Gasteiger partial charge in [0.1, 0.15) is 0 Å². The maximum absolute atomic E-state index is 13.1. The molecule has 1 fully saturated rings. The average Bonchev–Trinajstić information content (AvgIpc) is 3.34.